The summed E-state index contributed by atoms with van der Waals surface area (Å²) in [5.74, 6) is -0.264. The topological polar surface area (TPSA) is 81.8 Å². The molecule has 0 saturated heterocycles. The van der Waals surface area contributed by atoms with Gasteiger partial charge in [-0.3, -0.25) is 4.79 Å². The molecule has 0 amide bonds. The Balaban J connectivity index is 2.40. The van der Waals surface area contributed by atoms with E-state index in [4.69, 9.17) is 20.3 Å². The molecule has 0 fully saturated rings. The van der Waals surface area contributed by atoms with Crippen LogP contribution in [0.25, 0.3) is 0 Å². The highest BCUT2D eigenvalue weighted by atomic mass is 16.6. The summed E-state index contributed by atoms with van der Waals surface area (Å²) >= 11 is 0. The Bertz CT molecular complexity index is 350. The molecule has 0 aliphatic rings. The molecule has 1 rings (SSSR count). The summed E-state index contributed by atoms with van der Waals surface area (Å²) in [6.45, 7) is 0.566. The molecule has 0 spiro atoms. The summed E-state index contributed by atoms with van der Waals surface area (Å²) in [6, 6.07) is 5.85. The second-order valence-corrected chi connectivity index (χ2v) is 3.64. The fraction of sp³-hybridized carbons (Fsp3) is 0.417. The third-order valence-corrected chi connectivity index (χ3v) is 2.23. The van der Waals surface area contributed by atoms with Crippen LogP contribution in [-0.4, -0.2) is 37.4 Å². The molecule has 0 aliphatic carbocycles. The molecule has 94 valence electrons. The van der Waals surface area contributed by atoms with E-state index in [1.54, 1.807) is 24.3 Å². The number of esters is 1. The van der Waals surface area contributed by atoms with E-state index in [0.29, 0.717) is 13.0 Å². The van der Waals surface area contributed by atoms with Crippen LogP contribution in [0.2, 0.25) is 0 Å². The number of ether oxygens (including phenoxy) is 2. The van der Waals surface area contributed by atoms with Gasteiger partial charge in [0.05, 0.1) is 6.61 Å². The maximum atomic E-state index is 11.4. The predicted molar refractivity (Wildman–Crippen MR) is 62.6 cm³/mol. The van der Waals surface area contributed by atoms with Gasteiger partial charge < -0.3 is 20.3 Å². The van der Waals surface area contributed by atoms with E-state index in [-0.39, 0.29) is 12.4 Å². The Hall–Kier alpha value is -1.59. The maximum Gasteiger partial charge on any atom is 0.323 e. The average molecular weight is 239 g/mol. The lowest BCUT2D eigenvalue weighted by atomic mass is 10.1. The highest BCUT2D eigenvalue weighted by Gasteiger charge is 2.15. The molecule has 0 radical (unpaired) electrons. The summed E-state index contributed by atoms with van der Waals surface area (Å²) in [5.41, 5.74) is 6.57. The van der Waals surface area contributed by atoms with Crippen LogP contribution >= 0.6 is 0 Å². The third kappa shape index (κ3) is 4.84. The summed E-state index contributed by atoms with van der Waals surface area (Å²) in [7, 11) is 1.53. The van der Waals surface area contributed by atoms with Gasteiger partial charge in [0, 0.05) is 7.11 Å². The van der Waals surface area contributed by atoms with Crippen LogP contribution in [0.3, 0.4) is 0 Å². The highest BCUT2D eigenvalue weighted by molar-refractivity contribution is 5.75. The van der Waals surface area contributed by atoms with Crippen LogP contribution in [0.1, 0.15) is 5.56 Å². The van der Waals surface area contributed by atoms with Gasteiger partial charge in [-0.05, 0) is 24.1 Å². The van der Waals surface area contributed by atoms with Gasteiger partial charge in [-0.25, -0.2) is 0 Å². The monoisotopic (exact) mass is 239 g/mol. The minimum absolute atomic E-state index is 0.185. The van der Waals surface area contributed by atoms with E-state index in [1.165, 1.54) is 7.11 Å². The van der Waals surface area contributed by atoms with Gasteiger partial charge in [0.2, 0.25) is 0 Å². The lowest BCUT2D eigenvalue weighted by Gasteiger charge is -2.11. The molecule has 0 aliphatic heterocycles. The quantitative estimate of drug-likeness (QED) is 0.556. The summed E-state index contributed by atoms with van der Waals surface area (Å²) in [4.78, 5) is 11.4. The van der Waals surface area contributed by atoms with Gasteiger partial charge in [-0.2, -0.15) is 0 Å². The van der Waals surface area contributed by atoms with Gasteiger partial charge in [0.15, 0.2) is 0 Å². The molecule has 0 saturated carbocycles. The van der Waals surface area contributed by atoms with Crippen LogP contribution in [0.15, 0.2) is 24.3 Å². The first-order valence-corrected chi connectivity index (χ1v) is 5.32. The first-order valence-electron chi connectivity index (χ1n) is 5.32. The van der Waals surface area contributed by atoms with Crippen molar-refractivity contribution in [1.82, 2.24) is 0 Å². The molecule has 1 aromatic rings. The van der Waals surface area contributed by atoms with Crippen LogP contribution in [0, 0.1) is 0 Å². The molecule has 1 unspecified atom stereocenters. The number of carbonyl (C=O) groups is 1. The Morgan fingerprint density at radius 1 is 1.35 bits per heavy atom. The van der Waals surface area contributed by atoms with Crippen molar-refractivity contribution in [3.63, 3.8) is 0 Å². The molecule has 3 N–H and O–H groups in total. The molecule has 1 atom stereocenters. The second-order valence-electron chi connectivity index (χ2n) is 3.64. The predicted octanol–water partition coefficient (Wildman–Crippen LogP) is 0.452. The molecule has 0 heterocycles. The first-order chi connectivity index (χ1) is 8.13. The Morgan fingerprint density at radius 2 is 2.00 bits per heavy atom. The average Bonchev–Trinajstić information content (AvgIpc) is 2.32. The molecule has 5 heteroatoms. The van der Waals surface area contributed by atoms with Crippen molar-refractivity contribution in [2.24, 2.45) is 5.73 Å². The van der Waals surface area contributed by atoms with Crippen molar-refractivity contribution in [2.45, 2.75) is 12.5 Å². The largest absolute Gasteiger partial charge is 0.508 e. The van der Waals surface area contributed by atoms with Crippen molar-refractivity contribution in [3.8, 4) is 5.75 Å². The zero-order chi connectivity index (χ0) is 12.7. The number of phenols is 1. The van der Waals surface area contributed by atoms with E-state index in [1.807, 2.05) is 0 Å². The van der Waals surface area contributed by atoms with Gasteiger partial charge >= 0.3 is 5.97 Å². The number of rotatable bonds is 6. The van der Waals surface area contributed by atoms with Crippen LogP contribution in [0.5, 0.6) is 5.75 Å². The van der Waals surface area contributed by atoms with E-state index >= 15 is 0 Å². The first kappa shape index (κ1) is 13.5. The lowest BCUT2D eigenvalue weighted by molar-refractivity contribution is -0.146. The van der Waals surface area contributed by atoms with Crippen molar-refractivity contribution < 1.29 is 19.4 Å². The van der Waals surface area contributed by atoms with Crippen LogP contribution in [-0.2, 0) is 20.7 Å². The second kappa shape index (κ2) is 6.88. The molecule has 0 bridgehead atoms. The fourth-order valence-corrected chi connectivity index (χ4v) is 1.30. The number of hydrogen-bond acceptors (Lipinski definition) is 5. The molecule has 5 nitrogen and oxygen atoms in total. The smallest absolute Gasteiger partial charge is 0.323 e. The summed E-state index contributed by atoms with van der Waals surface area (Å²) in [6.07, 6.45) is 0.381. The van der Waals surface area contributed by atoms with E-state index in [2.05, 4.69) is 0 Å². The molecule has 1 aromatic carbocycles. The number of aromatic hydroxyl groups is 1. The van der Waals surface area contributed by atoms with Gasteiger partial charge in [0.25, 0.3) is 0 Å². The number of benzene rings is 1. The minimum atomic E-state index is -0.698. The minimum Gasteiger partial charge on any atom is -0.508 e. The van der Waals surface area contributed by atoms with Crippen LogP contribution < -0.4 is 5.73 Å². The van der Waals surface area contributed by atoms with Crippen molar-refractivity contribution in [2.75, 3.05) is 20.3 Å². The van der Waals surface area contributed by atoms with Crippen molar-refractivity contribution >= 4 is 5.97 Å². The number of methoxy groups -OCH3 is 1. The zero-order valence-corrected chi connectivity index (χ0v) is 9.76. The van der Waals surface area contributed by atoms with Crippen molar-refractivity contribution in [3.05, 3.63) is 29.8 Å². The molecular weight excluding hydrogens is 222 g/mol. The maximum absolute atomic E-state index is 11.4. The SMILES string of the molecule is COCCOC(=O)C(N)Cc1ccc(O)cc1. The summed E-state index contributed by atoms with van der Waals surface area (Å²) < 4.78 is 9.66. The molecule has 0 aromatic heterocycles. The Morgan fingerprint density at radius 3 is 2.59 bits per heavy atom. The molecular formula is C12H17NO4. The molecule has 17 heavy (non-hydrogen) atoms. The number of nitrogens with two attached hydrogens (primary N) is 1. The number of phenolic OH excluding ortho intramolecular Hbond substituents is 1. The lowest BCUT2D eigenvalue weighted by Crippen LogP contribution is -2.34. The fourth-order valence-electron chi connectivity index (χ4n) is 1.30. The van der Waals surface area contributed by atoms with E-state index in [0.717, 1.165) is 5.56 Å². The third-order valence-electron chi connectivity index (χ3n) is 2.23. The number of carbonyl (C=O) groups excluding carboxylic acids is 1. The van der Waals surface area contributed by atoms with Crippen molar-refractivity contribution in [1.29, 1.82) is 0 Å². The highest BCUT2D eigenvalue weighted by Crippen LogP contribution is 2.11. The van der Waals surface area contributed by atoms with E-state index < -0.39 is 12.0 Å². The zero-order valence-electron chi connectivity index (χ0n) is 9.76. The Labute approximate surface area is 100 Å². The van der Waals surface area contributed by atoms with Gasteiger partial charge in [-0.15, -0.1) is 0 Å². The summed E-state index contributed by atoms with van der Waals surface area (Å²) in [5, 5.41) is 9.11. The van der Waals surface area contributed by atoms with Crippen LogP contribution in [0.4, 0.5) is 0 Å². The standard InChI is InChI=1S/C12H17NO4/c1-16-6-7-17-12(15)11(13)8-9-2-4-10(14)5-3-9/h2-5,11,14H,6-8,13H2,1H3. The Kier molecular flexibility index (Phi) is 5.45. The van der Waals surface area contributed by atoms with Gasteiger partial charge in [0.1, 0.15) is 18.4 Å². The number of hydrogen-bond donors (Lipinski definition) is 2. The van der Waals surface area contributed by atoms with E-state index in [9.17, 15) is 4.79 Å². The van der Waals surface area contributed by atoms with Gasteiger partial charge in [-0.1, -0.05) is 12.1 Å². The normalized spacial score (nSPS) is 12.1.